The molecule has 11 heteroatoms. The number of methoxy groups -OCH3 is 1. The maximum atomic E-state index is 13.7. The standard InChI is InChI=1S/C25H26FN7O2S/c1-15-13-27-24(29-18-8-9-28-33(18)10-11-35-4)31-19(15)22-30-20-21(36-22)25(2,3)32(23(20)34)14-16-6-5-7-17(26)12-16/h5-9,12-13H,10-11,14H2,1-4H3,(H,27,29,31). The first-order chi connectivity index (χ1) is 17.3. The number of aromatic nitrogens is 5. The molecule has 1 aromatic carbocycles. The molecular weight excluding hydrogens is 481 g/mol. The second kappa shape index (κ2) is 9.40. The number of ether oxygens (including phenoxy) is 1. The van der Waals surface area contributed by atoms with Crippen LogP contribution in [0.5, 0.6) is 0 Å². The van der Waals surface area contributed by atoms with Crippen molar-refractivity contribution in [3.05, 3.63) is 70.2 Å². The number of carbonyl (C=O) groups excluding carboxylic acids is 1. The van der Waals surface area contributed by atoms with Gasteiger partial charge in [-0.15, -0.1) is 11.3 Å². The summed E-state index contributed by atoms with van der Waals surface area (Å²) in [5, 5.41) is 8.15. The first-order valence-electron chi connectivity index (χ1n) is 11.5. The number of carbonyl (C=O) groups is 1. The van der Waals surface area contributed by atoms with Crippen LogP contribution in [-0.4, -0.2) is 49.3 Å². The van der Waals surface area contributed by atoms with E-state index in [0.717, 1.165) is 21.8 Å². The van der Waals surface area contributed by atoms with E-state index in [9.17, 15) is 9.18 Å². The molecule has 0 saturated carbocycles. The molecule has 0 bridgehead atoms. The first-order valence-corrected chi connectivity index (χ1v) is 12.3. The van der Waals surface area contributed by atoms with Crippen LogP contribution in [0.4, 0.5) is 16.2 Å². The van der Waals surface area contributed by atoms with Gasteiger partial charge in [0.05, 0.1) is 29.8 Å². The Balaban J connectivity index is 1.42. The van der Waals surface area contributed by atoms with Gasteiger partial charge in [-0.3, -0.25) is 4.79 Å². The minimum Gasteiger partial charge on any atom is -0.383 e. The number of hydrogen-bond donors (Lipinski definition) is 1. The van der Waals surface area contributed by atoms with E-state index in [-0.39, 0.29) is 11.7 Å². The Kier molecular flexibility index (Phi) is 6.27. The SMILES string of the molecule is COCCn1nccc1Nc1ncc(C)c(-c2nc3c(s2)C(C)(C)N(Cc2cccc(F)c2)C3=O)n1. The van der Waals surface area contributed by atoms with Gasteiger partial charge < -0.3 is 15.0 Å². The van der Waals surface area contributed by atoms with Crippen molar-refractivity contribution in [2.45, 2.75) is 39.4 Å². The van der Waals surface area contributed by atoms with Gasteiger partial charge in [-0.25, -0.2) is 24.0 Å². The molecule has 36 heavy (non-hydrogen) atoms. The molecule has 3 aromatic heterocycles. The summed E-state index contributed by atoms with van der Waals surface area (Å²) in [6, 6.07) is 8.15. The van der Waals surface area contributed by atoms with Crippen LogP contribution in [0.2, 0.25) is 0 Å². The Morgan fingerprint density at radius 3 is 2.78 bits per heavy atom. The molecule has 1 aliphatic rings. The van der Waals surface area contributed by atoms with Crippen LogP contribution in [0.25, 0.3) is 10.7 Å². The number of benzene rings is 1. The molecule has 0 unspecified atom stereocenters. The Morgan fingerprint density at radius 1 is 1.19 bits per heavy atom. The number of nitrogens with one attached hydrogen (secondary N) is 1. The molecule has 0 aliphatic carbocycles. The van der Waals surface area contributed by atoms with Crippen molar-refractivity contribution in [3.8, 4) is 10.7 Å². The summed E-state index contributed by atoms with van der Waals surface area (Å²) in [5.41, 5.74) is 2.07. The van der Waals surface area contributed by atoms with Gasteiger partial charge in [-0.2, -0.15) is 5.10 Å². The molecule has 0 radical (unpaired) electrons. The van der Waals surface area contributed by atoms with Gasteiger partial charge >= 0.3 is 0 Å². The molecule has 4 heterocycles. The average molecular weight is 508 g/mol. The van der Waals surface area contributed by atoms with Crippen molar-refractivity contribution in [3.63, 3.8) is 0 Å². The van der Waals surface area contributed by atoms with E-state index in [1.54, 1.807) is 35.2 Å². The number of hydrogen-bond acceptors (Lipinski definition) is 8. The Bertz CT molecular complexity index is 1430. The van der Waals surface area contributed by atoms with Crippen molar-refractivity contribution >= 4 is 29.0 Å². The fraction of sp³-hybridized carbons (Fsp3) is 0.320. The van der Waals surface area contributed by atoms with Gasteiger partial charge in [0, 0.05) is 25.9 Å². The third kappa shape index (κ3) is 4.35. The number of nitrogens with zero attached hydrogens (tertiary/aromatic N) is 6. The maximum Gasteiger partial charge on any atom is 0.274 e. The topological polar surface area (TPSA) is 98.1 Å². The predicted octanol–water partition coefficient (Wildman–Crippen LogP) is 4.53. The third-order valence-corrected chi connectivity index (χ3v) is 7.55. The van der Waals surface area contributed by atoms with Gasteiger partial charge in [0.15, 0.2) is 0 Å². The lowest BCUT2D eigenvalue weighted by atomic mass is 10.0. The highest BCUT2D eigenvalue weighted by Gasteiger charge is 2.46. The van der Waals surface area contributed by atoms with Gasteiger partial charge in [-0.1, -0.05) is 12.1 Å². The van der Waals surface area contributed by atoms with Crippen LogP contribution < -0.4 is 5.32 Å². The number of amides is 1. The van der Waals surface area contributed by atoms with Gasteiger partial charge in [-0.05, 0) is 44.0 Å². The van der Waals surface area contributed by atoms with Crippen molar-refractivity contribution in [1.29, 1.82) is 0 Å². The molecule has 186 valence electrons. The largest absolute Gasteiger partial charge is 0.383 e. The van der Waals surface area contributed by atoms with Crippen LogP contribution in [0.1, 0.15) is 40.3 Å². The number of halogens is 1. The zero-order valence-electron chi connectivity index (χ0n) is 20.4. The van der Waals surface area contributed by atoms with Crippen LogP contribution in [0, 0.1) is 12.7 Å². The third-order valence-electron chi connectivity index (χ3n) is 6.17. The zero-order valence-corrected chi connectivity index (χ0v) is 21.3. The summed E-state index contributed by atoms with van der Waals surface area (Å²) in [6.45, 7) is 7.31. The number of fused-ring (bicyclic) bond motifs is 1. The fourth-order valence-electron chi connectivity index (χ4n) is 4.20. The zero-order chi connectivity index (χ0) is 25.4. The maximum absolute atomic E-state index is 13.7. The molecule has 0 atom stereocenters. The van der Waals surface area contributed by atoms with E-state index in [2.05, 4.69) is 15.4 Å². The lowest BCUT2D eigenvalue weighted by molar-refractivity contribution is 0.0595. The summed E-state index contributed by atoms with van der Waals surface area (Å²) < 4.78 is 20.6. The van der Waals surface area contributed by atoms with Crippen LogP contribution >= 0.6 is 11.3 Å². The molecule has 9 nitrogen and oxygen atoms in total. The second-order valence-corrected chi connectivity index (χ2v) is 10.1. The minimum absolute atomic E-state index is 0.172. The lowest BCUT2D eigenvalue weighted by Crippen LogP contribution is -2.38. The Morgan fingerprint density at radius 2 is 2.03 bits per heavy atom. The molecular formula is C25H26FN7O2S. The van der Waals surface area contributed by atoms with Crippen LogP contribution in [0.15, 0.2) is 42.7 Å². The highest BCUT2D eigenvalue weighted by Crippen LogP contribution is 2.45. The number of anilines is 2. The molecule has 0 fully saturated rings. The summed E-state index contributed by atoms with van der Waals surface area (Å²) in [5.74, 6) is 0.655. The van der Waals surface area contributed by atoms with Crippen LogP contribution in [-0.2, 0) is 23.4 Å². The molecule has 5 rings (SSSR count). The van der Waals surface area contributed by atoms with E-state index in [1.165, 1.54) is 23.5 Å². The van der Waals surface area contributed by atoms with Crippen molar-refractivity contribution in [1.82, 2.24) is 29.6 Å². The quantitative estimate of drug-likeness (QED) is 0.374. The Labute approximate surface area is 212 Å². The Hall–Kier alpha value is -3.70. The molecule has 0 saturated heterocycles. The van der Waals surface area contributed by atoms with Gasteiger partial charge in [0.25, 0.3) is 5.91 Å². The normalized spacial score (nSPS) is 14.4. The summed E-state index contributed by atoms with van der Waals surface area (Å²) >= 11 is 1.45. The molecule has 1 aliphatic heterocycles. The van der Waals surface area contributed by atoms with Gasteiger partial charge in [0.1, 0.15) is 28.0 Å². The van der Waals surface area contributed by atoms with E-state index in [1.807, 2.05) is 32.9 Å². The first kappa shape index (κ1) is 24.0. The average Bonchev–Trinajstić information content (AvgIpc) is 3.53. The molecule has 1 amide bonds. The summed E-state index contributed by atoms with van der Waals surface area (Å²) in [4.78, 5) is 29.8. The van der Waals surface area contributed by atoms with E-state index in [4.69, 9.17) is 14.7 Å². The highest BCUT2D eigenvalue weighted by atomic mass is 32.1. The highest BCUT2D eigenvalue weighted by molar-refractivity contribution is 7.15. The molecule has 4 aromatic rings. The van der Waals surface area contributed by atoms with Crippen molar-refractivity contribution in [2.75, 3.05) is 19.0 Å². The van der Waals surface area contributed by atoms with Gasteiger partial charge in [0.2, 0.25) is 5.95 Å². The van der Waals surface area contributed by atoms with E-state index >= 15 is 0 Å². The minimum atomic E-state index is -0.593. The van der Waals surface area contributed by atoms with Crippen molar-refractivity contribution in [2.24, 2.45) is 0 Å². The summed E-state index contributed by atoms with van der Waals surface area (Å²) in [6.07, 6.45) is 3.43. The number of thiazole rings is 1. The molecule has 0 spiro atoms. The van der Waals surface area contributed by atoms with Crippen molar-refractivity contribution < 1.29 is 13.9 Å². The smallest absolute Gasteiger partial charge is 0.274 e. The number of aryl methyl sites for hydroxylation is 1. The van der Waals surface area contributed by atoms with E-state index < -0.39 is 5.54 Å². The second-order valence-electron chi connectivity index (χ2n) is 9.06. The fourth-order valence-corrected chi connectivity index (χ4v) is 5.42. The lowest BCUT2D eigenvalue weighted by Gasteiger charge is -2.32. The predicted molar refractivity (Wildman–Crippen MR) is 135 cm³/mol. The number of rotatable bonds is 8. The summed E-state index contributed by atoms with van der Waals surface area (Å²) in [7, 11) is 1.64. The van der Waals surface area contributed by atoms with E-state index in [0.29, 0.717) is 42.0 Å². The monoisotopic (exact) mass is 507 g/mol. The molecule has 1 N–H and O–H groups in total. The van der Waals surface area contributed by atoms with Crippen LogP contribution in [0.3, 0.4) is 0 Å².